The molecular formula is C21H17ClN2O3. The molecule has 3 aromatic carbocycles. The molecule has 3 rings (SSSR count). The van der Waals surface area contributed by atoms with E-state index in [0.717, 1.165) is 16.7 Å². The lowest BCUT2D eigenvalue weighted by atomic mass is 9.97. The summed E-state index contributed by atoms with van der Waals surface area (Å²) in [5, 5.41) is 14.1. The van der Waals surface area contributed by atoms with Gasteiger partial charge in [-0.1, -0.05) is 71.8 Å². The van der Waals surface area contributed by atoms with E-state index < -0.39 is 16.9 Å². The van der Waals surface area contributed by atoms with Crippen LogP contribution in [0.3, 0.4) is 0 Å². The van der Waals surface area contributed by atoms with Gasteiger partial charge in [-0.3, -0.25) is 14.9 Å². The minimum atomic E-state index is -0.554. The first-order valence-electron chi connectivity index (χ1n) is 8.32. The third kappa shape index (κ3) is 4.33. The van der Waals surface area contributed by atoms with E-state index in [1.807, 2.05) is 61.5 Å². The average Bonchev–Trinajstić information content (AvgIpc) is 2.67. The Morgan fingerprint density at radius 3 is 2.26 bits per heavy atom. The second-order valence-electron chi connectivity index (χ2n) is 6.15. The molecular weight excluding hydrogens is 364 g/mol. The number of nitrogens with one attached hydrogen (secondary N) is 1. The summed E-state index contributed by atoms with van der Waals surface area (Å²) in [4.78, 5) is 23.3. The number of rotatable bonds is 5. The number of aryl methyl sites for hydroxylation is 1. The van der Waals surface area contributed by atoms with E-state index in [4.69, 9.17) is 11.6 Å². The zero-order chi connectivity index (χ0) is 19.4. The molecule has 0 saturated heterocycles. The van der Waals surface area contributed by atoms with Crippen LogP contribution in [0.25, 0.3) is 0 Å². The van der Waals surface area contributed by atoms with Crippen LogP contribution >= 0.6 is 11.6 Å². The number of hydrogen-bond acceptors (Lipinski definition) is 3. The van der Waals surface area contributed by atoms with Crippen molar-refractivity contribution in [2.75, 3.05) is 0 Å². The zero-order valence-electron chi connectivity index (χ0n) is 14.6. The second-order valence-corrected chi connectivity index (χ2v) is 6.56. The molecule has 0 aromatic heterocycles. The molecule has 0 heterocycles. The van der Waals surface area contributed by atoms with Gasteiger partial charge in [0.05, 0.1) is 21.6 Å². The lowest BCUT2D eigenvalue weighted by Crippen LogP contribution is -2.29. The molecule has 0 fully saturated rings. The highest BCUT2D eigenvalue weighted by molar-refractivity contribution is 6.34. The molecule has 0 radical (unpaired) electrons. The van der Waals surface area contributed by atoms with E-state index in [1.165, 1.54) is 18.2 Å². The van der Waals surface area contributed by atoms with Gasteiger partial charge in [-0.15, -0.1) is 0 Å². The van der Waals surface area contributed by atoms with Gasteiger partial charge >= 0.3 is 0 Å². The first-order valence-corrected chi connectivity index (χ1v) is 8.70. The predicted molar refractivity (Wildman–Crippen MR) is 105 cm³/mol. The number of nitro benzene ring substituents is 1. The number of non-ortho nitro benzene ring substituents is 1. The Morgan fingerprint density at radius 1 is 1.00 bits per heavy atom. The van der Waals surface area contributed by atoms with Gasteiger partial charge < -0.3 is 5.32 Å². The highest BCUT2D eigenvalue weighted by atomic mass is 35.5. The second kappa shape index (κ2) is 8.01. The van der Waals surface area contributed by atoms with Gasteiger partial charge in [0, 0.05) is 12.1 Å². The molecule has 0 unspecified atom stereocenters. The summed E-state index contributed by atoms with van der Waals surface area (Å²) >= 11 is 6.11. The Bertz CT molecular complexity index is 972. The van der Waals surface area contributed by atoms with Crippen LogP contribution in [-0.2, 0) is 0 Å². The molecule has 1 atom stereocenters. The number of nitrogens with zero attached hydrogens (tertiary/aromatic N) is 1. The first kappa shape index (κ1) is 18.6. The molecule has 5 nitrogen and oxygen atoms in total. The van der Waals surface area contributed by atoms with Crippen molar-refractivity contribution in [3.8, 4) is 0 Å². The van der Waals surface area contributed by atoms with E-state index in [9.17, 15) is 14.9 Å². The maximum atomic E-state index is 12.8. The van der Waals surface area contributed by atoms with Crippen molar-refractivity contribution in [2.24, 2.45) is 0 Å². The average molecular weight is 381 g/mol. The SMILES string of the molecule is Cc1ccc([C@H](NC(=O)c2cc([N+](=O)[O-])ccc2Cl)c2ccccc2)cc1. The highest BCUT2D eigenvalue weighted by Gasteiger charge is 2.21. The summed E-state index contributed by atoms with van der Waals surface area (Å²) in [6, 6.07) is 20.8. The van der Waals surface area contributed by atoms with Crippen molar-refractivity contribution in [3.05, 3.63) is 110 Å². The fourth-order valence-corrected chi connectivity index (χ4v) is 2.98. The fourth-order valence-electron chi connectivity index (χ4n) is 2.77. The van der Waals surface area contributed by atoms with Crippen molar-refractivity contribution < 1.29 is 9.72 Å². The normalized spacial score (nSPS) is 11.6. The van der Waals surface area contributed by atoms with Crippen molar-refractivity contribution in [1.29, 1.82) is 0 Å². The zero-order valence-corrected chi connectivity index (χ0v) is 15.3. The van der Waals surface area contributed by atoms with Gasteiger partial charge in [-0.05, 0) is 24.1 Å². The molecule has 27 heavy (non-hydrogen) atoms. The molecule has 0 aliphatic rings. The van der Waals surface area contributed by atoms with Gasteiger partial charge in [0.2, 0.25) is 0 Å². The van der Waals surface area contributed by atoms with Gasteiger partial charge in [0.15, 0.2) is 0 Å². The summed E-state index contributed by atoms with van der Waals surface area (Å²) < 4.78 is 0. The lowest BCUT2D eigenvalue weighted by Gasteiger charge is -2.20. The molecule has 136 valence electrons. The Hall–Kier alpha value is -3.18. The molecule has 0 aliphatic carbocycles. The van der Waals surface area contributed by atoms with Crippen LogP contribution < -0.4 is 5.32 Å². The van der Waals surface area contributed by atoms with E-state index in [1.54, 1.807) is 0 Å². The van der Waals surface area contributed by atoms with E-state index in [-0.39, 0.29) is 16.3 Å². The topological polar surface area (TPSA) is 72.2 Å². The molecule has 6 heteroatoms. The molecule has 1 N–H and O–H groups in total. The van der Waals surface area contributed by atoms with Crippen LogP contribution in [0, 0.1) is 17.0 Å². The number of halogens is 1. The lowest BCUT2D eigenvalue weighted by molar-refractivity contribution is -0.384. The van der Waals surface area contributed by atoms with Crippen LogP contribution in [0.5, 0.6) is 0 Å². The summed E-state index contributed by atoms with van der Waals surface area (Å²) in [7, 11) is 0. The molecule has 1 amide bonds. The Morgan fingerprint density at radius 2 is 1.63 bits per heavy atom. The highest BCUT2D eigenvalue weighted by Crippen LogP contribution is 2.26. The largest absolute Gasteiger partial charge is 0.341 e. The van der Waals surface area contributed by atoms with Crippen molar-refractivity contribution in [3.63, 3.8) is 0 Å². The summed E-state index contributed by atoms with van der Waals surface area (Å²) in [6.45, 7) is 1.99. The fraction of sp³-hybridized carbons (Fsp3) is 0.0952. The van der Waals surface area contributed by atoms with Crippen molar-refractivity contribution in [2.45, 2.75) is 13.0 Å². The van der Waals surface area contributed by atoms with Crippen LogP contribution in [-0.4, -0.2) is 10.8 Å². The Balaban J connectivity index is 1.97. The van der Waals surface area contributed by atoms with Crippen LogP contribution in [0.4, 0.5) is 5.69 Å². The molecule has 0 bridgehead atoms. The number of amides is 1. The van der Waals surface area contributed by atoms with Crippen molar-refractivity contribution in [1.82, 2.24) is 5.32 Å². The third-order valence-corrected chi connectivity index (χ3v) is 4.55. The minimum absolute atomic E-state index is 0.0684. The Labute approximate surface area is 161 Å². The smallest absolute Gasteiger partial charge is 0.270 e. The monoisotopic (exact) mass is 380 g/mol. The number of carbonyl (C=O) groups is 1. The third-order valence-electron chi connectivity index (χ3n) is 4.22. The molecule has 3 aromatic rings. The van der Waals surface area contributed by atoms with Gasteiger partial charge in [-0.25, -0.2) is 0 Å². The van der Waals surface area contributed by atoms with E-state index in [2.05, 4.69) is 5.32 Å². The molecule has 0 saturated carbocycles. The number of nitro groups is 1. The van der Waals surface area contributed by atoms with E-state index in [0.29, 0.717) is 0 Å². The predicted octanol–water partition coefficient (Wildman–Crippen LogP) is 5.08. The van der Waals surface area contributed by atoms with Gasteiger partial charge in [0.1, 0.15) is 0 Å². The summed E-state index contributed by atoms with van der Waals surface area (Å²) in [6.07, 6.45) is 0. The quantitative estimate of drug-likeness (QED) is 0.495. The first-order chi connectivity index (χ1) is 13.0. The summed E-state index contributed by atoms with van der Waals surface area (Å²) in [5.74, 6) is -0.474. The van der Waals surface area contributed by atoms with Gasteiger partial charge in [0.25, 0.3) is 11.6 Å². The van der Waals surface area contributed by atoms with E-state index >= 15 is 0 Å². The van der Waals surface area contributed by atoms with Crippen LogP contribution in [0.2, 0.25) is 5.02 Å². The maximum Gasteiger partial charge on any atom is 0.270 e. The van der Waals surface area contributed by atoms with Crippen LogP contribution in [0.1, 0.15) is 33.1 Å². The maximum absolute atomic E-state index is 12.8. The Kier molecular flexibility index (Phi) is 5.52. The minimum Gasteiger partial charge on any atom is -0.341 e. The number of carbonyl (C=O) groups excluding carboxylic acids is 1. The summed E-state index contributed by atoms with van der Waals surface area (Å²) in [5.41, 5.74) is 2.80. The number of hydrogen-bond donors (Lipinski definition) is 1. The standard InChI is InChI=1S/C21H17ClN2O3/c1-14-7-9-16(10-8-14)20(15-5-3-2-4-6-15)23-21(25)18-13-17(24(26)27)11-12-19(18)22/h2-13,20H,1H3,(H,23,25)/t20-/m1/s1. The number of benzene rings is 3. The molecule has 0 spiro atoms. The molecule has 0 aliphatic heterocycles. The van der Waals surface area contributed by atoms with Gasteiger partial charge in [-0.2, -0.15) is 0 Å². The van der Waals surface area contributed by atoms with Crippen LogP contribution in [0.15, 0.2) is 72.8 Å². The van der Waals surface area contributed by atoms with Crippen molar-refractivity contribution >= 4 is 23.2 Å².